The minimum atomic E-state index is -0.775. The van der Waals surface area contributed by atoms with Crippen molar-refractivity contribution in [3.05, 3.63) is 35.4 Å². The van der Waals surface area contributed by atoms with E-state index in [2.05, 4.69) is 0 Å². The highest BCUT2D eigenvalue weighted by Gasteiger charge is 2.14. The molecule has 0 heterocycles. The molecule has 1 atom stereocenters. The van der Waals surface area contributed by atoms with Crippen LogP contribution in [0.15, 0.2) is 18.2 Å². The molecule has 4 heteroatoms. The highest BCUT2D eigenvalue weighted by Crippen LogP contribution is 2.21. The Morgan fingerprint density at radius 1 is 1.43 bits per heavy atom. The molecule has 0 radical (unpaired) electrons. The Morgan fingerprint density at radius 2 is 2.07 bits per heavy atom. The molecule has 0 unspecified atom stereocenters. The monoisotopic (exact) mass is 200 g/mol. The largest absolute Gasteiger partial charge is 0.458 e. The van der Waals surface area contributed by atoms with Crippen LogP contribution >= 0.6 is 0 Å². The third-order valence-corrected chi connectivity index (χ3v) is 1.74. The van der Waals surface area contributed by atoms with E-state index in [0.29, 0.717) is 0 Å². The molecule has 1 aromatic carbocycles. The fourth-order valence-corrected chi connectivity index (χ4v) is 1.14. The van der Waals surface area contributed by atoms with Crippen LogP contribution in [0.4, 0.5) is 8.78 Å². The Kier molecular flexibility index (Phi) is 3.17. The second-order valence-electron chi connectivity index (χ2n) is 2.92. The number of ether oxygens (including phenoxy) is 1. The topological polar surface area (TPSA) is 26.3 Å². The molecule has 0 aliphatic heterocycles. The predicted octanol–water partition coefficient (Wildman–Crippen LogP) is 2.59. The number of carbonyl (C=O) groups excluding carboxylic acids is 1. The fraction of sp³-hybridized carbons (Fsp3) is 0.300. The lowest BCUT2D eigenvalue weighted by Gasteiger charge is -2.12. The predicted molar refractivity (Wildman–Crippen MR) is 46.5 cm³/mol. The zero-order valence-electron chi connectivity index (χ0n) is 7.88. The van der Waals surface area contributed by atoms with Crippen molar-refractivity contribution in [1.82, 2.24) is 0 Å². The summed E-state index contributed by atoms with van der Waals surface area (Å²) in [5, 5.41) is 0. The summed E-state index contributed by atoms with van der Waals surface area (Å²) in [5.41, 5.74) is 0.0419. The molecule has 1 rings (SSSR count). The zero-order valence-corrected chi connectivity index (χ0v) is 7.88. The van der Waals surface area contributed by atoms with Crippen LogP contribution in [0.2, 0.25) is 0 Å². The number of rotatable bonds is 2. The minimum absolute atomic E-state index is 0.0419. The van der Waals surface area contributed by atoms with Crippen LogP contribution in [0.5, 0.6) is 0 Å². The van der Waals surface area contributed by atoms with Crippen LogP contribution in [-0.4, -0.2) is 5.97 Å². The fourth-order valence-electron chi connectivity index (χ4n) is 1.14. The Balaban J connectivity index is 2.93. The maximum absolute atomic E-state index is 13.1. The lowest BCUT2D eigenvalue weighted by Crippen LogP contribution is -2.07. The van der Waals surface area contributed by atoms with Gasteiger partial charge in [0.25, 0.3) is 0 Å². The molecule has 0 saturated carbocycles. The average Bonchev–Trinajstić information content (AvgIpc) is 2.08. The Hall–Kier alpha value is -1.45. The maximum Gasteiger partial charge on any atom is 0.303 e. The first-order valence-electron chi connectivity index (χ1n) is 4.13. The van der Waals surface area contributed by atoms with E-state index in [9.17, 15) is 13.6 Å². The van der Waals surface area contributed by atoms with E-state index < -0.39 is 23.7 Å². The summed E-state index contributed by atoms with van der Waals surface area (Å²) in [6.45, 7) is 2.70. The van der Waals surface area contributed by atoms with Gasteiger partial charge in [0.05, 0.1) is 0 Å². The molecule has 76 valence electrons. The number of carbonyl (C=O) groups is 1. The molecular weight excluding hydrogens is 190 g/mol. The molecule has 14 heavy (non-hydrogen) atoms. The van der Waals surface area contributed by atoms with Crippen molar-refractivity contribution < 1.29 is 18.3 Å². The van der Waals surface area contributed by atoms with Crippen LogP contribution in [0.1, 0.15) is 25.5 Å². The number of benzene rings is 1. The van der Waals surface area contributed by atoms with Crippen molar-refractivity contribution in [2.75, 3.05) is 0 Å². The van der Waals surface area contributed by atoms with E-state index >= 15 is 0 Å². The summed E-state index contributed by atoms with van der Waals surface area (Å²) in [4.78, 5) is 10.6. The SMILES string of the molecule is CC(=O)O[C@H](C)c1cc(F)ccc1F. The van der Waals surface area contributed by atoms with Crippen molar-refractivity contribution in [3.8, 4) is 0 Å². The molecule has 2 nitrogen and oxygen atoms in total. The lowest BCUT2D eigenvalue weighted by atomic mass is 10.1. The molecule has 1 aromatic rings. The molecule has 0 bridgehead atoms. The van der Waals surface area contributed by atoms with Gasteiger partial charge in [0.2, 0.25) is 0 Å². The van der Waals surface area contributed by atoms with Crippen molar-refractivity contribution in [1.29, 1.82) is 0 Å². The van der Waals surface area contributed by atoms with Gasteiger partial charge in [0.15, 0.2) is 0 Å². The van der Waals surface area contributed by atoms with Crippen molar-refractivity contribution in [2.24, 2.45) is 0 Å². The molecule has 0 fully saturated rings. The van der Waals surface area contributed by atoms with E-state index in [1.54, 1.807) is 0 Å². The highest BCUT2D eigenvalue weighted by atomic mass is 19.1. The summed E-state index contributed by atoms with van der Waals surface area (Å²) in [6, 6.07) is 3.03. The first-order valence-corrected chi connectivity index (χ1v) is 4.13. The maximum atomic E-state index is 13.1. The van der Waals surface area contributed by atoms with Gasteiger partial charge in [-0.1, -0.05) is 0 Å². The molecule has 0 amide bonds. The van der Waals surface area contributed by atoms with Gasteiger partial charge in [-0.25, -0.2) is 8.78 Å². The standard InChI is InChI=1S/C10H10F2O2/c1-6(14-7(2)13)9-5-8(11)3-4-10(9)12/h3-6H,1-2H3/t6-/m1/s1. The molecular formula is C10H10F2O2. The van der Waals surface area contributed by atoms with E-state index in [1.807, 2.05) is 0 Å². The van der Waals surface area contributed by atoms with Gasteiger partial charge in [-0.2, -0.15) is 0 Å². The summed E-state index contributed by atoms with van der Waals surface area (Å²) in [6.07, 6.45) is -0.775. The van der Waals surface area contributed by atoms with Gasteiger partial charge >= 0.3 is 5.97 Å². The summed E-state index contributed by atoms with van der Waals surface area (Å²) >= 11 is 0. The van der Waals surface area contributed by atoms with Crippen LogP contribution in [0.25, 0.3) is 0 Å². The highest BCUT2D eigenvalue weighted by molar-refractivity contribution is 5.66. The van der Waals surface area contributed by atoms with Gasteiger partial charge < -0.3 is 4.74 Å². The summed E-state index contributed by atoms with van der Waals surface area (Å²) in [5.74, 6) is -1.67. The average molecular weight is 200 g/mol. The summed E-state index contributed by atoms with van der Waals surface area (Å²) in [7, 11) is 0. The van der Waals surface area contributed by atoms with Gasteiger partial charge in [-0.05, 0) is 25.1 Å². The lowest BCUT2D eigenvalue weighted by molar-refractivity contribution is -0.145. The quantitative estimate of drug-likeness (QED) is 0.686. The first kappa shape index (κ1) is 10.6. The first-order chi connectivity index (χ1) is 6.50. The molecule has 0 spiro atoms. The number of esters is 1. The Bertz CT molecular complexity index is 350. The molecule has 0 aliphatic rings. The van der Waals surface area contributed by atoms with E-state index in [1.165, 1.54) is 13.8 Å². The van der Waals surface area contributed by atoms with Crippen molar-refractivity contribution in [3.63, 3.8) is 0 Å². The Labute approximate surface area is 80.5 Å². The van der Waals surface area contributed by atoms with Gasteiger partial charge in [0.1, 0.15) is 17.7 Å². The van der Waals surface area contributed by atoms with Crippen molar-refractivity contribution >= 4 is 5.97 Å². The van der Waals surface area contributed by atoms with Gasteiger partial charge in [0, 0.05) is 12.5 Å². The van der Waals surface area contributed by atoms with E-state index in [-0.39, 0.29) is 5.56 Å². The normalized spacial score (nSPS) is 12.3. The Morgan fingerprint density at radius 3 is 2.64 bits per heavy atom. The van der Waals surface area contributed by atoms with E-state index in [4.69, 9.17) is 4.74 Å². The third-order valence-electron chi connectivity index (χ3n) is 1.74. The van der Waals surface area contributed by atoms with Gasteiger partial charge in [-0.15, -0.1) is 0 Å². The number of halogens is 2. The molecule has 0 saturated heterocycles. The zero-order chi connectivity index (χ0) is 10.7. The smallest absolute Gasteiger partial charge is 0.303 e. The molecule has 0 aliphatic carbocycles. The number of hydrogen-bond donors (Lipinski definition) is 0. The van der Waals surface area contributed by atoms with Crippen LogP contribution in [-0.2, 0) is 9.53 Å². The van der Waals surface area contributed by atoms with E-state index in [0.717, 1.165) is 18.2 Å². The summed E-state index contributed by atoms with van der Waals surface area (Å²) < 4.78 is 30.6. The second-order valence-corrected chi connectivity index (χ2v) is 2.92. The van der Waals surface area contributed by atoms with Gasteiger partial charge in [-0.3, -0.25) is 4.79 Å². The molecule has 0 aromatic heterocycles. The molecule has 0 N–H and O–H groups in total. The van der Waals surface area contributed by atoms with Crippen molar-refractivity contribution in [2.45, 2.75) is 20.0 Å². The number of hydrogen-bond acceptors (Lipinski definition) is 2. The minimum Gasteiger partial charge on any atom is -0.458 e. The third kappa shape index (κ3) is 2.52. The second kappa shape index (κ2) is 4.17. The van der Waals surface area contributed by atoms with Crippen LogP contribution in [0.3, 0.4) is 0 Å². The van der Waals surface area contributed by atoms with Crippen LogP contribution in [0, 0.1) is 11.6 Å². The van der Waals surface area contributed by atoms with Crippen LogP contribution < -0.4 is 0 Å².